The van der Waals surface area contributed by atoms with Crippen LogP contribution in [-0.4, -0.2) is 47.7 Å². The minimum Gasteiger partial charge on any atom is -0.481 e. The third-order valence-corrected chi connectivity index (χ3v) is 3.84. The van der Waals surface area contributed by atoms with E-state index in [9.17, 15) is 9.59 Å². The molecule has 22 heavy (non-hydrogen) atoms. The Kier molecular flexibility index (Phi) is 5.38. The van der Waals surface area contributed by atoms with Crippen molar-refractivity contribution in [1.29, 1.82) is 0 Å². The Morgan fingerprint density at radius 1 is 1.41 bits per heavy atom. The first-order chi connectivity index (χ1) is 10.5. The van der Waals surface area contributed by atoms with E-state index in [-0.39, 0.29) is 31.1 Å². The lowest BCUT2D eigenvalue weighted by atomic mass is 10.0. The third-order valence-electron chi connectivity index (χ3n) is 3.84. The molecule has 1 saturated heterocycles. The minimum atomic E-state index is -0.923. The molecule has 6 nitrogen and oxygen atoms in total. The lowest BCUT2D eigenvalue weighted by Gasteiger charge is -2.38. The summed E-state index contributed by atoms with van der Waals surface area (Å²) in [5, 5.41) is 11.3. The van der Waals surface area contributed by atoms with E-state index in [1.165, 1.54) is 0 Å². The molecule has 1 aliphatic heterocycles. The number of ether oxygens (including phenoxy) is 1. The molecule has 0 bridgehead atoms. The molecular formula is C16H22N2O4. The number of morpholine rings is 1. The molecule has 1 heterocycles. The molecule has 1 aromatic rings. The maximum Gasteiger partial charge on any atom is 0.317 e. The first-order valence-electron chi connectivity index (χ1n) is 7.42. The van der Waals surface area contributed by atoms with Crippen LogP contribution >= 0.6 is 0 Å². The van der Waals surface area contributed by atoms with Gasteiger partial charge in [0.25, 0.3) is 0 Å². The van der Waals surface area contributed by atoms with Crippen molar-refractivity contribution < 1.29 is 19.4 Å². The van der Waals surface area contributed by atoms with E-state index in [2.05, 4.69) is 5.32 Å². The van der Waals surface area contributed by atoms with Gasteiger partial charge in [0.2, 0.25) is 0 Å². The Hall–Kier alpha value is -2.08. The van der Waals surface area contributed by atoms with Crippen molar-refractivity contribution in [3.8, 4) is 0 Å². The van der Waals surface area contributed by atoms with Gasteiger partial charge in [0.1, 0.15) is 6.10 Å². The summed E-state index contributed by atoms with van der Waals surface area (Å²) in [5.74, 6) is -0.923. The molecule has 2 unspecified atom stereocenters. The second-order valence-corrected chi connectivity index (χ2v) is 5.56. The van der Waals surface area contributed by atoms with E-state index in [1.807, 2.05) is 38.1 Å². The summed E-state index contributed by atoms with van der Waals surface area (Å²) in [6, 6.07) is 7.69. The van der Waals surface area contributed by atoms with Crippen LogP contribution in [0.4, 0.5) is 4.79 Å². The number of aryl methyl sites for hydroxylation is 1. The normalized spacial score (nSPS) is 21.5. The summed E-state index contributed by atoms with van der Waals surface area (Å²) < 4.78 is 5.86. The van der Waals surface area contributed by atoms with Gasteiger partial charge in [-0.3, -0.25) is 4.79 Å². The summed E-state index contributed by atoms with van der Waals surface area (Å²) in [6.45, 7) is 5.00. The first kappa shape index (κ1) is 16.3. The predicted octanol–water partition coefficient (Wildman–Crippen LogP) is 1.94. The summed E-state index contributed by atoms with van der Waals surface area (Å²) >= 11 is 0. The zero-order valence-corrected chi connectivity index (χ0v) is 12.9. The lowest BCUT2D eigenvalue weighted by molar-refractivity contribution is -0.136. The molecule has 6 heteroatoms. The maximum atomic E-state index is 12.2. The van der Waals surface area contributed by atoms with Crippen molar-refractivity contribution in [1.82, 2.24) is 10.2 Å². The van der Waals surface area contributed by atoms with Crippen LogP contribution in [-0.2, 0) is 9.53 Å². The maximum absolute atomic E-state index is 12.2. The molecular weight excluding hydrogens is 284 g/mol. The van der Waals surface area contributed by atoms with Crippen LogP contribution in [0.3, 0.4) is 0 Å². The van der Waals surface area contributed by atoms with Crippen molar-refractivity contribution >= 4 is 12.0 Å². The Labute approximate surface area is 130 Å². The average molecular weight is 306 g/mol. The predicted molar refractivity (Wildman–Crippen MR) is 81.7 cm³/mol. The molecule has 0 saturated carbocycles. The van der Waals surface area contributed by atoms with Crippen molar-refractivity contribution in [2.24, 2.45) is 0 Å². The summed E-state index contributed by atoms with van der Waals surface area (Å²) in [7, 11) is 0. The number of carbonyl (C=O) groups is 2. The molecule has 0 radical (unpaired) electrons. The second-order valence-electron chi connectivity index (χ2n) is 5.56. The Balaban J connectivity index is 2.00. The summed E-state index contributed by atoms with van der Waals surface area (Å²) in [4.78, 5) is 24.4. The summed E-state index contributed by atoms with van der Waals surface area (Å²) in [6.07, 6.45) is -0.228. The molecule has 120 valence electrons. The average Bonchev–Trinajstić information content (AvgIpc) is 2.48. The monoisotopic (exact) mass is 306 g/mol. The van der Waals surface area contributed by atoms with Gasteiger partial charge in [-0.1, -0.05) is 24.3 Å². The summed E-state index contributed by atoms with van der Waals surface area (Å²) in [5.41, 5.74) is 2.21. The number of rotatable bonds is 4. The van der Waals surface area contributed by atoms with E-state index >= 15 is 0 Å². The SMILES string of the molecule is Cc1ccccc1C1CN(C(=O)NCCC(=O)O)C(C)CO1. The van der Waals surface area contributed by atoms with Crippen molar-refractivity contribution in [2.45, 2.75) is 32.4 Å². The molecule has 0 aliphatic carbocycles. The molecule has 1 aliphatic rings. The third kappa shape index (κ3) is 3.98. The minimum absolute atomic E-state index is 0.0369. The van der Waals surface area contributed by atoms with Gasteiger partial charge in [0.05, 0.1) is 25.6 Å². The number of hydrogen-bond acceptors (Lipinski definition) is 3. The molecule has 2 atom stereocenters. The van der Waals surface area contributed by atoms with E-state index in [0.717, 1.165) is 11.1 Å². The smallest absolute Gasteiger partial charge is 0.317 e. The fourth-order valence-electron chi connectivity index (χ4n) is 2.55. The molecule has 2 amide bonds. The van der Waals surface area contributed by atoms with Crippen LogP contribution in [0.5, 0.6) is 0 Å². The number of nitrogens with one attached hydrogen (secondary N) is 1. The van der Waals surface area contributed by atoms with Crippen LogP contribution in [0.1, 0.15) is 30.6 Å². The number of benzene rings is 1. The Morgan fingerprint density at radius 2 is 2.14 bits per heavy atom. The van der Waals surface area contributed by atoms with Gasteiger partial charge in [0, 0.05) is 6.54 Å². The van der Waals surface area contributed by atoms with Gasteiger partial charge in [-0.05, 0) is 25.0 Å². The number of carbonyl (C=O) groups excluding carboxylic acids is 1. The van der Waals surface area contributed by atoms with Crippen LogP contribution in [0.25, 0.3) is 0 Å². The second kappa shape index (κ2) is 7.26. The van der Waals surface area contributed by atoms with Crippen molar-refractivity contribution in [3.63, 3.8) is 0 Å². The molecule has 1 aromatic carbocycles. The van der Waals surface area contributed by atoms with E-state index < -0.39 is 5.97 Å². The number of carboxylic acids is 1. The fraction of sp³-hybridized carbons (Fsp3) is 0.500. The fourth-order valence-corrected chi connectivity index (χ4v) is 2.55. The Bertz CT molecular complexity index is 547. The van der Waals surface area contributed by atoms with Gasteiger partial charge in [-0.25, -0.2) is 4.79 Å². The molecule has 0 aromatic heterocycles. The highest BCUT2D eigenvalue weighted by atomic mass is 16.5. The van der Waals surface area contributed by atoms with E-state index in [0.29, 0.717) is 13.2 Å². The van der Waals surface area contributed by atoms with Gasteiger partial charge < -0.3 is 20.1 Å². The van der Waals surface area contributed by atoms with Crippen LogP contribution < -0.4 is 5.32 Å². The molecule has 0 spiro atoms. The van der Waals surface area contributed by atoms with Gasteiger partial charge in [-0.2, -0.15) is 0 Å². The van der Waals surface area contributed by atoms with Gasteiger partial charge >= 0.3 is 12.0 Å². The highest BCUT2D eigenvalue weighted by Crippen LogP contribution is 2.27. The quantitative estimate of drug-likeness (QED) is 0.891. The number of aliphatic carboxylic acids is 1. The highest BCUT2D eigenvalue weighted by Gasteiger charge is 2.30. The van der Waals surface area contributed by atoms with Crippen LogP contribution in [0.2, 0.25) is 0 Å². The van der Waals surface area contributed by atoms with Gasteiger partial charge in [0.15, 0.2) is 0 Å². The molecule has 2 N–H and O–H groups in total. The van der Waals surface area contributed by atoms with Crippen molar-refractivity contribution in [3.05, 3.63) is 35.4 Å². The standard InChI is InChI=1S/C16H22N2O4/c1-11-5-3-4-6-13(11)14-9-18(12(2)10-22-14)16(21)17-8-7-15(19)20/h3-6,12,14H,7-10H2,1-2H3,(H,17,21)(H,19,20). The van der Waals surface area contributed by atoms with E-state index in [4.69, 9.17) is 9.84 Å². The zero-order valence-electron chi connectivity index (χ0n) is 12.9. The number of hydrogen-bond donors (Lipinski definition) is 2. The molecule has 2 rings (SSSR count). The highest BCUT2D eigenvalue weighted by molar-refractivity contribution is 5.75. The number of carboxylic acid groups (broad SMARTS) is 1. The van der Waals surface area contributed by atoms with Crippen LogP contribution in [0, 0.1) is 6.92 Å². The van der Waals surface area contributed by atoms with E-state index in [1.54, 1.807) is 4.90 Å². The first-order valence-corrected chi connectivity index (χ1v) is 7.42. The number of nitrogens with zero attached hydrogens (tertiary/aromatic N) is 1. The van der Waals surface area contributed by atoms with Gasteiger partial charge in [-0.15, -0.1) is 0 Å². The zero-order chi connectivity index (χ0) is 16.1. The number of amides is 2. The largest absolute Gasteiger partial charge is 0.481 e. The lowest BCUT2D eigenvalue weighted by Crippen LogP contribution is -2.52. The Morgan fingerprint density at radius 3 is 2.82 bits per heavy atom. The topological polar surface area (TPSA) is 78.9 Å². The van der Waals surface area contributed by atoms with Crippen LogP contribution in [0.15, 0.2) is 24.3 Å². The molecule has 1 fully saturated rings. The number of urea groups is 1. The van der Waals surface area contributed by atoms with Crippen molar-refractivity contribution in [2.75, 3.05) is 19.7 Å².